The van der Waals surface area contributed by atoms with E-state index in [1.54, 1.807) is 28.9 Å². The summed E-state index contributed by atoms with van der Waals surface area (Å²) < 4.78 is 1.59. The lowest BCUT2D eigenvalue weighted by Gasteiger charge is -2.09. The van der Waals surface area contributed by atoms with Crippen molar-refractivity contribution in [2.75, 3.05) is 5.43 Å². The Balaban J connectivity index is 2.11. The average molecular weight is 202 g/mol. The second-order valence-corrected chi connectivity index (χ2v) is 3.01. The summed E-state index contributed by atoms with van der Waals surface area (Å²) in [6.45, 7) is 3.86. The molecule has 0 aliphatic rings. The Morgan fingerprint density at radius 2 is 1.80 bits per heavy atom. The van der Waals surface area contributed by atoms with Crippen LogP contribution in [0.3, 0.4) is 0 Å². The van der Waals surface area contributed by atoms with Crippen molar-refractivity contribution in [1.29, 1.82) is 0 Å². The van der Waals surface area contributed by atoms with E-state index in [1.807, 2.05) is 0 Å². The number of rotatable bonds is 3. The molecule has 76 valence electrons. The number of nitrogens with one attached hydrogen (secondary N) is 1. The van der Waals surface area contributed by atoms with Crippen LogP contribution >= 0.6 is 0 Å². The zero-order chi connectivity index (χ0) is 10.7. The molecule has 0 atom stereocenters. The van der Waals surface area contributed by atoms with Crippen molar-refractivity contribution in [3.8, 4) is 5.75 Å². The van der Waals surface area contributed by atoms with Gasteiger partial charge in [-0.1, -0.05) is 6.58 Å². The molecule has 0 aliphatic heterocycles. The summed E-state index contributed by atoms with van der Waals surface area (Å²) in [6, 6.07) is 6.76. The van der Waals surface area contributed by atoms with E-state index < -0.39 is 0 Å². The van der Waals surface area contributed by atoms with Gasteiger partial charge in [-0.05, 0) is 29.8 Å². The average Bonchev–Trinajstić information content (AvgIpc) is 2.71. The number of hydrogen-bond donors (Lipinski definition) is 2. The van der Waals surface area contributed by atoms with Crippen LogP contribution in [0, 0.1) is 0 Å². The van der Waals surface area contributed by atoms with E-state index in [0.717, 1.165) is 5.56 Å². The molecule has 0 unspecified atom stereocenters. The van der Waals surface area contributed by atoms with Gasteiger partial charge in [0.05, 0.1) is 5.70 Å². The zero-order valence-electron chi connectivity index (χ0n) is 7.96. The van der Waals surface area contributed by atoms with Crippen LogP contribution in [0.4, 0.5) is 0 Å². The van der Waals surface area contributed by atoms with E-state index in [1.165, 1.54) is 12.7 Å². The molecule has 2 rings (SSSR count). The SMILES string of the molecule is C=C(Nn1cnnc1)c1ccc(O)cc1. The van der Waals surface area contributed by atoms with Crippen LogP contribution in [0.5, 0.6) is 5.75 Å². The van der Waals surface area contributed by atoms with Crippen molar-refractivity contribution in [1.82, 2.24) is 14.9 Å². The summed E-state index contributed by atoms with van der Waals surface area (Å²) in [6.07, 6.45) is 3.07. The molecule has 0 saturated carbocycles. The largest absolute Gasteiger partial charge is 0.508 e. The third-order valence-electron chi connectivity index (χ3n) is 1.90. The molecule has 0 saturated heterocycles. The lowest BCUT2D eigenvalue weighted by molar-refractivity contribution is 0.475. The third-order valence-corrected chi connectivity index (χ3v) is 1.90. The molecule has 0 radical (unpaired) electrons. The van der Waals surface area contributed by atoms with Crippen LogP contribution in [0.15, 0.2) is 43.5 Å². The monoisotopic (exact) mass is 202 g/mol. The van der Waals surface area contributed by atoms with Crippen molar-refractivity contribution in [2.24, 2.45) is 0 Å². The molecule has 0 spiro atoms. The van der Waals surface area contributed by atoms with Gasteiger partial charge in [-0.25, -0.2) is 4.68 Å². The topological polar surface area (TPSA) is 63.0 Å². The van der Waals surface area contributed by atoms with Gasteiger partial charge in [0, 0.05) is 0 Å². The van der Waals surface area contributed by atoms with Crippen LogP contribution in [-0.2, 0) is 0 Å². The van der Waals surface area contributed by atoms with E-state index in [2.05, 4.69) is 22.2 Å². The minimum absolute atomic E-state index is 0.232. The highest BCUT2D eigenvalue weighted by molar-refractivity contribution is 5.67. The van der Waals surface area contributed by atoms with Gasteiger partial charge in [-0.15, -0.1) is 10.2 Å². The molecule has 5 nitrogen and oxygen atoms in total. The van der Waals surface area contributed by atoms with Gasteiger partial charge < -0.3 is 5.11 Å². The first-order valence-corrected chi connectivity index (χ1v) is 4.35. The van der Waals surface area contributed by atoms with Gasteiger partial charge in [-0.3, -0.25) is 5.43 Å². The highest BCUT2D eigenvalue weighted by Crippen LogP contribution is 2.14. The second kappa shape index (κ2) is 3.83. The van der Waals surface area contributed by atoms with Crippen LogP contribution in [0.1, 0.15) is 5.56 Å². The fraction of sp³-hybridized carbons (Fsp3) is 0. The molecular formula is C10H10N4O. The highest BCUT2D eigenvalue weighted by atomic mass is 16.3. The van der Waals surface area contributed by atoms with Crippen molar-refractivity contribution in [3.63, 3.8) is 0 Å². The van der Waals surface area contributed by atoms with E-state index in [9.17, 15) is 0 Å². The fourth-order valence-corrected chi connectivity index (χ4v) is 1.14. The molecule has 0 aliphatic carbocycles. The first-order chi connectivity index (χ1) is 7.25. The summed E-state index contributed by atoms with van der Waals surface area (Å²) >= 11 is 0. The smallest absolute Gasteiger partial charge is 0.139 e. The number of phenols is 1. The Morgan fingerprint density at radius 3 is 2.40 bits per heavy atom. The van der Waals surface area contributed by atoms with Gasteiger partial charge in [0.1, 0.15) is 18.4 Å². The predicted octanol–water partition coefficient (Wildman–Crippen LogP) is 1.20. The molecule has 1 heterocycles. The first kappa shape index (κ1) is 9.26. The second-order valence-electron chi connectivity index (χ2n) is 3.01. The molecule has 5 heteroatoms. The summed E-state index contributed by atoms with van der Waals surface area (Å²) in [5.74, 6) is 0.232. The van der Waals surface area contributed by atoms with E-state index in [-0.39, 0.29) is 5.75 Å². The molecule has 1 aromatic carbocycles. The summed E-state index contributed by atoms with van der Waals surface area (Å²) in [4.78, 5) is 0. The Kier molecular flexibility index (Phi) is 2.37. The van der Waals surface area contributed by atoms with Crippen molar-refractivity contribution >= 4 is 5.70 Å². The first-order valence-electron chi connectivity index (χ1n) is 4.35. The lowest BCUT2D eigenvalue weighted by Crippen LogP contribution is -2.10. The molecule has 0 bridgehead atoms. The minimum Gasteiger partial charge on any atom is -0.508 e. The Labute approximate surface area is 86.7 Å². The van der Waals surface area contributed by atoms with E-state index in [4.69, 9.17) is 5.11 Å². The maximum Gasteiger partial charge on any atom is 0.139 e. The van der Waals surface area contributed by atoms with Crippen LogP contribution < -0.4 is 5.43 Å². The molecule has 2 aromatic rings. The molecule has 15 heavy (non-hydrogen) atoms. The molecule has 0 fully saturated rings. The van der Waals surface area contributed by atoms with Crippen molar-refractivity contribution in [3.05, 3.63) is 49.1 Å². The van der Waals surface area contributed by atoms with Crippen molar-refractivity contribution in [2.45, 2.75) is 0 Å². The fourth-order valence-electron chi connectivity index (χ4n) is 1.14. The summed E-state index contributed by atoms with van der Waals surface area (Å²) in [7, 11) is 0. The number of aromatic hydroxyl groups is 1. The predicted molar refractivity (Wildman–Crippen MR) is 56.5 cm³/mol. The number of phenolic OH excluding ortho intramolecular Hbond substituents is 1. The van der Waals surface area contributed by atoms with Crippen molar-refractivity contribution < 1.29 is 5.11 Å². The van der Waals surface area contributed by atoms with Crippen LogP contribution in [0.2, 0.25) is 0 Å². The van der Waals surface area contributed by atoms with E-state index in [0.29, 0.717) is 5.70 Å². The minimum atomic E-state index is 0.232. The van der Waals surface area contributed by atoms with Gasteiger partial charge in [-0.2, -0.15) is 0 Å². The molecule has 2 N–H and O–H groups in total. The normalized spacial score (nSPS) is 9.87. The Morgan fingerprint density at radius 1 is 1.20 bits per heavy atom. The summed E-state index contributed by atoms with van der Waals surface area (Å²) in [5.41, 5.74) is 4.57. The quantitative estimate of drug-likeness (QED) is 0.785. The molecular weight excluding hydrogens is 192 g/mol. The highest BCUT2D eigenvalue weighted by Gasteiger charge is 1.98. The number of nitrogens with zero attached hydrogens (tertiary/aromatic N) is 3. The van der Waals surface area contributed by atoms with Gasteiger partial charge in [0.2, 0.25) is 0 Å². The Bertz CT molecular complexity index is 447. The third kappa shape index (κ3) is 2.14. The molecule has 1 aromatic heterocycles. The van der Waals surface area contributed by atoms with Crippen LogP contribution in [-0.4, -0.2) is 20.0 Å². The molecule has 0 amide bonds. The lowest BCUT2D eigenvalue weighted by atomic mass is 10.2. The maximum atomic E-state index is 9.12. The van der Waals surface area contributed by atoms with E-state index >= 15 is 0 Å². The van der Waals surface area contributed by atoms with Gasteiger partial charge in [0.25, 0.3) is 0 Å². The van der Waals surface area contributed by atoms with Crippen LogP contribution in [0.25, 0.3) is 5.70 Å². The number of hydrogen-bond acceptors (Lipinski definition) is 4. The standard InChI is InChI=1S/C10H10N4O/c1-8(13-14-6-11-12-7-14)9-2-4-10(15)5-3-9/h2-7,13,15H,1H2. The maximum absolute atomic E-state index is 9.12. The number of benzene rings is 1. The van der Waals surface area contributed by atoms with Gasteiger partial charge >= 0.3 is 0 Å². The Hall–Kier alpha value is -2.30. The number of aromatic nitrogens is 3. The summed E-state index contributed by atoms with van der Waals surface area (Å²) in [5, 5.41) is 16.4. The van der Waals surface area contributed by atoms with Gasteiger partial charge in [0.15, 0.2) is 0 Å². The zero-order valence-corrected chi connectivity index (χ0v) is 7.96.